The van der Waals surface area contributed by atoms with Gasteiger partial charge in [-0.2, -0.15) is 0 Å². The van der Waals surface area contributed by atoms with Gasteiger partial charge in [-0.15, -0.1) is 0 Å². The Hall–Kier alpha value is -0.280. The molecule has 4 saturated heterocycles. The van der Waals surface area contributed by atoms with Crippen LogP contribution in [0.5, 0.6) is 0 Å². The minimum absolute atomic E-state index is 0.131. The second kappa shape index (κ2) is 7.28. The second-order valence-electron chi connectivity index (χ2n) is 8.62. The lowest BCUT2D eigenvalue weighted by molar-refractivity contribution is -0.577. The summed E-state index contributed by atoms with van der Waals surface area (Å²) in [5.41, 5.74) is -0.526. The first-order valence-electron chi connectivity index (χ1n) is 10.1. The number of aliphatic hydroxyl groups is 1. The van der Waals surface area contributed by atoms with Gasteiger partial charge in [-0.05, 0) is 38.0 Å². The molecule has 5 rings (SSSR count). The summed E-state index contributed by atoms with van der Waals surface area (Å²) in [6.45, 7) is 8.37. The highest BCUT2D eigenvalue weighted by Gasteiger charge is 2.69. The standard InChI is InChI=1S/C19H33NO6/c1-12-4-5-15-13(2)16(22-11-9-20-8-10-21)23-17-19(15)14(12)6-7-18(3,24-17)25-26-19/h12-17,20-21H,4-11H2,1-3H3/t12-,13-,14+,15+,16+,17-,18-,19-/m1/s1. The highest BCUT2D eigenvalue weighted by atomic mass is 17.3. The van der Waals surface area contributed by atoms with Crippen LogP contribution in [-0.2, 0) is 24.0 Å². The maximum atomic E-state index is 8.85. The molecule has 1 spiro atoms. The van der Waals surface area contributed by atoms with Crippen molar-refractivity contribution in [3.8, 4) is 0 Å². The maximum absolute atomic E-state index is 8.85. The number of hydrogen-bond donors (Lipinski definition) is 2. The first-order chi connectivity index (χ1) is 12.5. The van der Waals surface area contributed by atoms with E-state index in [1.807, 2.05) is 6.92 Å². The summed E-state index contributed by atoms with van der Waals surface area (Å²) in [4.78, 5) is 11.9. The van der Waals surface area contributed by atoms with E-state index in [1.54, 1.807) is 0 Å². The van der Waals surface area contributed by atoms with Crippen LogP contribution in [0.15, 0.2) is 0 Å². The fourth-order valence-electron chi connectivity index (χ4n) is 5.51. The minimum Gasteiger partial charge on any atom is -0.395 e. The molecule has 7 nitrogen and oxygen atoms in total. The molecule has 5 fully saturated rings. The van der Waals surface area contributed by atoms with Gasteiger partial charge in [-0.3, -0.25) is 0 Å². The van der Waals surface area contributed by atoms with Gasteiger partial charge < -0.3 is 24.6 Å². The van der Waals surface area contributed by atoms with E-state index < -0.39 is 17.7 Å². The van der Waals surface area contributed by atoms with Crippen molar-refractivity contribution in [2.45, 2.75) is 70.4 Å². The minimum atomic E-state index is -0.745. The van der Waals surface area contributed by atoms with Crippen LogP contribution in [0.25, 0.3) is 0 Å². The van der Waals surface area contributed by atoms with Crippen LogP contribution in [0.3, 0.4) is 0 Å². The maximum Gasteiger partial charge on any atom is 0.201 e. The average Bonchev–Trinajstić information content (AvgIpc) is 2.85. The molecule has 2 N–H and O–H groups in total. The van der Waals surface area contributed by atoms with E-state index in [4.69, 9.17) is 29.1 Å². The molecule has 4 aliphatic heterocycles. The van der Waals surface area contributed by atoms with Crippen LogP contribution in [0.2, 0.25) is 0 Å². The van der Waals surface area contributed by atoms with E-state index in [-0.39, 0.29) is 18.8 Å². The number of hydrogen-bond acceptors (Lipinski definition) is 7. The Morgan fingerprint density at radius 3 is 2.77 bits per heavy atom. The van der Waals surface area contributed by atoms with Crippen molar-refractivity contribution in [2.24, 2.45) is 23.7 Å². The zero-order chi connectivity index (χ0) is 18.4. The van der Waals surface area contributed by atoms with Gasteiger partial charge in [0.25, 0.3) is 0 Å². The van der Waals surface area contributed by atoms with Gasteiger partial charge in [-0.25, -0.2) is 9.78 Å². The molecule has 0 aromatic carbocycles. The fraction of sp³-hybridized carbons (Fsp3) is 1.00. The van der Waals surface area contributed by atoms with E-state index in [0.717, 1.165) is 19.3 Å². The Morgan fingerprint density at radius 1 is 1.12 bits per heavy atom. The van der Waals surface area contributed by atoms with E-state index in [0.29, 0.717) is 37.5 Å². The summed E-state index contributed by atoms with van der Waals surface area (Å²) >= 11 is 0. The molecule has 0 radical (unpaired) electrons. The molecule has 7 heteroatoms. The van der Waals surface area contributed by atoms with Gasteiger partial charge in [0.15, 0.2) is 18.2 Å². The number of ether oxygens (including phenoxy) is 3. The first kappa shape index (κ1) is 19.1. The topological polar surface area (TPSA) is 78.4 Å². The Balaban J connectivity index is 1.53. The van der Waals surface area contributed by atoms with Crippen molar-refractivity contribution in [1.29, 1.82) is 0 Å². The molecule has 8 atom stereocenters. The van der Waals surface area contributed by atoms with Gasteiger partial charge in [0.1, 0.15) is 0 Å². The molecular formula is C19H33NO6. The quantitative estimate of drug-likeness (QED) is 0.544. The molecule has 2 bridgehead atoms. The highest BCUT2D eigenvalue weighted by molar-refractivity contribution is 5.09. The van der Waals surface area contributed by atoms with Crippen LogP contribution in [0.4, 0.5) is 0 Å². The highest BCUT2D eigenvalue weighted by Crippen LogP contribution is 2.60. The first-order valence-corrected chi connectivity index (χ1v) is 10.1. The normalized spacial score (nSPS) is 50.3. The second-order valence-corrected chi connectivity index (χ2v) is 8.62. The van der Waals surface area contributed by atoms with E-state index >= 15 is 0 Å². The lowest BCUT2D eigenvalue weighted by Crippen LogP contribution is -2.70. The number of fused-ring (bicyclic) bond motifs is 2. The molecule has 0 unspecified atom stereocenters. The molecule has 0 amide bonds. The average molecular weight is 371 g/mol. The molecular weight excluding hydrogens is 338 g/mol. The van der Waals surface area contributed by atoms with Crippen molar-refractivity contribution in [3.63, 3.8) is 0 Å². The number of rotatable bonds is 6. The molecule has 5 aliphatic rings. The molecule has 4 heterocycles. The predicted molar refractivity (Wildman–Crippen MR) is 92.7 cm³/mol. The monoisotopic (exact) mass is 371 g/mol. The van der Waals surface area contributed by atoms with Crippen LogP contribution in [-0.4, -0.2) is 55.4 Å². The van der Waals surface area contributed by atoms with Gasteiger partial charge in [0, 0.05) is 31.3 Å². The largest absolute Gasteiger partial charge is 0.395 e. The third kappa shape index (κ3) is 3.02. The van der Waals surface area contributed by atoms with E-state index in [9.17, 15) is 0 Å². The van der Waals surface area contributed by atoms with Crippen molar-refractivity contribution in [1.82, 2.24) is 5.32 Å². The van der Waals surface area contributed by atoms with Crippen LogP contribution in [0, 0.1) is 23.7 Å². The van der Waals surface area contributed by atoms with Crippen molar-refractivity contribution < 1.29 is 29.1 Å². The van der Waals surface area contributed by atoms with Gasteiger partial charge in [0.2, 0.25) is 5.79 Å². The van der Waals surface area contributed by atoms with Crippen LogP contribution < -0.4 is 5.32 Å². The van der Waals surface area contributed by atoms with Crippen LogP contribution in [0.1, 0.15) is 46.5 Å². The fourth-order valence-corrected chi connectivity index (χ4v) is 5.51. The zero-order valence-corrected chi connectivity index (χ0v) is 16.1. The summed E-state index contributed by atoms with van der Waals surface area (Å²) in [6.07, 6.45) is 3.36. The zero-order valence-electron chi connectivity index (χ0n) is 16.1. The lowest BCUT2D eigenvalue weighted by atomic mass is 9.58. The van der Waals surface area contributed by atoms with Crippen LogP contribution >= 0.6 is 0 Å². The summed E-state index contributed by atoms with van der Waals surface area (Å²) in [7, 11) is 0. The number of aliphatic hydroxyl groups excluding tert-OH is 1. The van der Waals surface area contributed by atoms with Gasteiger partial charge in [0.05, 0.1) is 13.2 Å². The predicted octanol–water partition coefficient (Wildman–Crippen LogP) is 1.79. The van der Waals surface area contributed by atoms with Crippen molar-refractivity contribution >= 4 is 0 Å². The Kier molecular flexibility index (Phi) is 5.33. The molecule has 1 saturated carbocycles. The van der Waals surface area contributed by atoms with Gasteiger partial charge in [-0.1, -0.05) is 13.8 Å². The summed E-state index contributed by atoms with van der Waals surface area (Å²) in [5, 5.41) is 12.0. The molecule has 1 aliphatic carbocycles. The van der Waals surface area contributed by atoms with Crippen molar-refractivity contribution in [2.75, 3.05) is 26.3 Å². The SMILES string of the molecule is C[C@H]1[C@@H](OCCNCCO)O[C@@H]2O[C@@]3(C)CC[C@H]4[C@H](C)CC[C@@H]1[C@@]24OO3. The molecule has 0 aromatic rings. The summed E-state index contributed by atoms with van der Waals surface area (Å²) in [6, 6.07) is 0. The molecule has 150 valence electrons. The summed E-state index contributed by atoms with van der Waals surface area (Å²) in [5.74, 6) is 0.697. The third-order valence-electron chi connectivity index (χ3n) is 6.95. The number of nitrogens with one attached hydrogen (secondary N) is 1. The molecule has 26 heavy (non-hydrogen) atoms. The Labute approximate surface area is 155 Å². The lowest BCUT2D eigenvalue weighted by Gasteiger charge is -2.60. The van der Waals surface area contributed by atoms with Crippen molar-refractivity contribution in [3.05, 3.63) is 0 Å². The van der Waals surface area contributed by atoms with E-state index in [2.05, 4.69) is 19.2 Å². The summed E-state index contributed by atoms with van der Waals surface area (Å²) < 4.78 is 18.7. The van der Waals surface area contributed by atoms with E-state index in [1.165, 1.54) is 6.42 Å². The van der Waals surface area contributed by atoms with Gasteiger partial charge >= 0.3 is 0 Å². The Morgan fingerprint density at radius 2 is 1.96 bits per heavy atom. The third-order valence-corrected chi connectivity index (χ3v) is 6.95. The smallest absolute Gasteiger partial charge is 0.201 e. The Bertz CT molecular complexity index is 506. The molecule has 0 aromatic heterocycles.